The van der Waals surface area contributed by atoms with Crippen LogP contribution < -0.4 is 9.64 Å². The van der Waals surface area contributed by atoms with Crippen molar-refractivity contribution in [3.63, 3.8) is 0 Å². The fourth-order valence-corrected chi connectivity index (χ4v) is 5.88. The fourth-order valence-electron chi connectivity index (χ4n) is 5.88. The van der Waals surface area contributed by atoms with Gasteiger partial charge >= 0.3 is 6.09 Å². The first-order chi connectivity index (χ1) is 17.3. The van der Waals surface area contributed by atoms with Crippen LogP contribution in [0.5, 0.6) is 5.88 Å². The molecule has 0 spiro atoms. The van der Waals surface area contributed by atoms with E-state index in [1.54, 1.807) is 6.20 Å². The second-order valence-electron chi connectivity index (χ2n) is 11.1. The van der Waals surface area contributed by atoms with Crippen LogP contribution in [-0.4, -0.2) is 56.5 Å². The number of hydrogen-bond donors (Lipinski definition) is 0. The quantitative estimate of drug-likeness (QED) is 0.506. The summed E-state index contributed by atoms with van der Waals surface area (Å²) in [7, 11) is 2.11. The Kier molecular flexibility index (Phi) is 5.43. The minimum Gasteiger partial charge on any atom is -0.472 e. The lowest BCUT2D eigenvalue weighted by Gasteiger charge is -2.42. The highest BCUT2D eigenvalue weighted by Crippen LogP contribution is 2.41. The first-order valence-corrected chi connectivity index (χ1v) is 12.8. The molecule has 0 aliphatic carbocycles. The smallest absolute Gasteiger partial charge is 0.410 e. The van der Waals surface area contributed by atoms with Crippen molar-refractivity contribution in [2.75, 3.05) is 11.9 Å². The SMILES string of the molecule is CN(c1ccc2c(n1)OCc1cc(-n3cccn3)ccc1-2)C1CC2CCC(C1)N2C(=O)OC(C)(C)C. The molecule has 3 aromatic rings. The van der Waals surface area contributed by atoms with Crippen molar-refractivity contribution in [1.29, 1.82) is 0 Å². The van der Waals surface area contributed by atoms with E-state index in [1.165, 1.54) is 0 Å². The maximum atomic E-state index is 12.8. The predicted molar refractivity (Wildman–Crippen MR) is 137 cm³/mol. The Morgan fingerprint density at radius 3 is 2.56 bits per heavy atom. The summed E-state index contributed by atoms with van der Waals surface area (Å²) < 4.78 is 13.7. The molecule has 188 valence electrons. The maximum absolute atomic E-state index is 12.8. The van der Waals surface area contributed by atoms with Gasteiger partial charge in [0.25, 0.3) is 0 Å². The van der Waals surface area contributed by atoms with Gasteiger partial charge in [0, 0.05) is 43.1 Å². The summed E-state index contributed by atoms with van der Waals surface area (Å²) in [4.78, 5) is 22.0. The van der Waals surface area contributed by atoms with Gasteiger partial charge in [0.1, 0.15) is 18.0 Å². The Bertz CT molecular complexity index is 1270. The number of aromatic nitrogens is 3. The Balaban J connectivity index is 1.19. The van der Waals surface area contributed by atoms with E-state index in [4.69, 9.17) is 14.5 Å². The first-order valence-electron chi connectivity index (χ1n) is 12.8. The van der Waals surface area contributed by atoms with Crippen molar-refractivity contribution in [3.8, 4) is 22.7 Å². The standard InChI is InChI=1S/C28H33N5O3/c1-28(2,3)36-27(34)33-20-6-7-21(33)16-22(15-20)31(4)25-11-10-24-23-9-8-19(32-13-5-12-29-32)14-18(23)17-35-26(24)30-25/h5,8-14,20-22H,6-7,15-17H2,1-4H3. The van der Waals surface area contributed by atoms with Crippen LogP contribution in [0.2, 0.25) is 0 Å². The van der Waals surface area contributed by atoms with Gasteiger partial charge in [-0.25, -0.2) is 9.48 Å². The monoisotopic (exact) mass is 487 g/mol. The largest absolute Gasteiger partial charge is 0.472 e. The summed E-state index contributed by atoms with van der Waals surface area (Å²) in [6, 6.07) is 13.2. The zero-order chi connectivity index (χ0) is 25.0. The normalized spacial score (nSPS) is 22.4. The molecule has 0 saturated carbocycles. The molecule has 2 aromatic heterocycles. The van der Waals surface area contributed by atoms with Crippen LogP contribution in [0.3, 0.4) is 0 Å². The molecule has 36 heavy (non-hydrogen) atoms. The van der Waals surface area contributed by atoms with E-state index in [0.717, 1.165) is 53.9 Å². The van der Waals surface area contributed by atoms with Gasteiger partial charge in [-0.15, -0.1) is 0 Å². The third-order valence-corrected chi connectivity index (χ3v) is 7.58. The minimum absolute atomic E-state index is 0.175. The molecule has 0 radical (unpaired) electrons. The minimum atomic E-state index is -0.476. The Morgan fingerprint density at radius 2 is 1.86 bits per heavy atom. The number of piperidine rings is 1. The number of amides is 1. The molecule has 6 rings (SSSR count). The molecule has 2 unspecified atom stereocenters. The molecule has 8 nitrogen and oxygen atoms in total. The lowest BCUT2D eigenvalue weighted by Crippen LogP contribution is -2.53. The van der Waals surface area contributed by atoms with Gasteiger partial charge in [0.2, 0.25) is 5.88 Å². The maximum Gasteiger partial charge on any atom is 0.410 e. The summed E-state index contributed by atoms with van der Waals surface area (Å²) in [5.41, 5.74) is 3.83. The van der Waals surface area contributed by atoms with Crippen LogP contribution >= 0.6 is 0 Å². The van der Waals surface area contributed by atoms with E-state index in [-0.39, 0.29) is 18.2 Å². The van der Waals surface area contributed by atoms with E-state index >= 15 is 0 Å². The third-order valence-electron chi connectivity index (χ3n) is 7.58. The summed E-state index contributed by atoms with van der Waals surface area (Å²) in [6.07, 6.45) is 7.45. The van der Waals surface area contributed by atoms with Gasteiger partial charge in [-0.1, -0.05) is 6.07 Å². The van der Waals surface area contributed by atoms with Crippen molar-refractivity contribution >= 4 is 11.9 Å². The van der Waals surface area contributed by atoms with Crippen molar-refractivity contribution in [3.05, 3.63) is 54.4 Å². The highest BCUT2D eigenvalue weighted by molar-refractivity contribution is 5.76. The number of pyridine rings is 1. The molecule has 0 N–H and O–H groups in total. The van der Waals surface area contributed by atoms with Crippen LogP contribution in [0.25, 0.3) is 16.8 Å². The lowest BCUT2D eigenvalue weighted by atomic mass is 9.96. The molecule has 2 bridgehead atoms. The zero-order valence-corrected chi connectivity index (χ0v) is 21.3. The molecule has 2 saturated heterocycles. The zero-order valence-electron chi connectivity index (χ0n) is 21.3. The highest BCUT2D eigenvalue weighted by atomic mass is 16.6. The Labute approximate surface area is 211 Å². The number of nitrogens with zero attached hydrogens (tertiary/aromatic N) is 5. The Hall–Kier alpha value is -3.55. The van der Waals surface area contributed by atoms with Gasteiger partial charge in [-0.3, -0.25) is 0 Å². The van der Waals surface area contributed by atoms with Crippen molar-refractivity contribution < 1.29 is 14.3 Å². The average molecular weight is 488 g/mol. The Morgan fingerprint density at radius 1 is 1.11 bits per heavy atom. The molecule has 8 heteroatoms. The third kappa shape index (κ3) is 4.08. The van der Waals surface area contributed by atoms with Gasteiger partial charge in [-0.2, -0.15) is 10.1 Å². The lowest BCUT2D eigenvalue weighted by molar-refractivity contribution is 0.00597. The van der Waals surface area contributed by atoms with E-state index in [9.17, 15) is 4.79 Å². The molecule has 2 atom stereocenters. The molecule has 3 aliphatic rings. The number of carbonyl (C=O) groups is 1. The van der Waals surface area contributed by atoms with E-state index < -0.39 is 5.60 Å². The van der Waals surface area contributed by atoms with E-state index in [2.05, 4.69) is 47.4 Å². The summed E-state index contributed by atoms with van der Waals surface area (Å²) in [5, 5.41) is 4.33. The number of anilines is 1. The fraction of sp³-hybridized carbons (Fsp3) is 0.464. The second-order valence-corrected chi connectivity index (χ2v) is 11.1. The summed E-state index contributed by atoms with van der Waals surface area (Å²) >= 11 is 0. The van der Waals surface area contributed by atoms with Crippen molar-refractivity contribution in [2.24, 2.45) is 0 Å². The molecule has 1 aromatic carbocycles. The average Bonchev–Trinajstić information content (AvgIpc) is 3.48. The number of carbonyl (C=O) groups excluding carboxylic acids is 1. The van der Waals surface area contributed by atoms with Gasteiger partial charge in [-0.05, 0) is 87.9 Å². The molecule has 2 fully saturated rings. The van der Waals surface area contributed by atoms with Crippen LogP contribution in [0.4, 0.5) is 10.6 Å². The number of ether oxygens (including phenoxy) is 2. The first kappa shape index (κ1) is 22.9. The van der Waals surface area contributed by atoms with E-state index in [0.29, 0.717) is 18.5 Å². The second kappa shape index (κ2) is 8.54. The summed E-state index contributed by atoms with van der Waals surface area (Å²) in [6.45, 7) is 6.26. The highest BCUT2D eigenvalue weighted by Gasteiger charge is 2.46. The molecule has 1 amide bonds. The summed E-state index contributed by atoms with van der Waals surface area (Å²) in [5.74, 6) is 1.58. The van der Waals surface area contributed by atoms with Gasteiger partial charge in [0.05, 0.1) is 5.69 Å². The van der Waals surface area contributed by atoms with Gasteiger partial charge in [0.15, 0.2) is 0 Å². The molecular formula is C28H33N5O3. The topological polar surface area (TPSA) is 72.7 Å². The number of benzene rings is 1. The van der Waals surface area contributed by atoms with Crippen LogP contribution in [0, 0.1) is 0 Å². The molecule has 3 aliphatic heterocycles. The van der Waals surface area contributed by atoms with Crippen molar-refractivity contribution in [1.82, 2.24) is 19.7 Å². The number of hydrogen-bond acceptors (Lipinski definition) is 6. The van der Waals surface area contributed by atoms with Crippen molar-refractivity contribution in [2.45, 2.75) is 76.8 Å². The van der Waals surface area contributed by atoms with E-state index in [1.807, 2.05) is 42.6 Å². The van der Waals surface area contributed by atoms with Crippen LogP contribution in [0.1, 0.15) is 52.0 Å². The van der Waals surface area contributed by atoms with Gasteiger partial charge < -0.3 is 19.3 Å². The molecule has 5 heterocycles. The number of rotatable bonds is 3. The molecular weight excluding hydrogens is 454 g/mol. The number of fused-ring (bicyclic) bond motifs is 5. The van der Waals surface area contributed by atoms with Crippen LogP contribution in [0.15, 0.2) is 48.8 Å². The predicted octanol–water partition coefficient (Wildman–Crippen LogP) is 5.19. The van der Waals surface area contributed by atoms with Crippen LogP contribution in [-0.2, 0) is 11.3 Å².